The highest BCUT2D eigenvalue weighted by Gasteiger charge is 2.47. The number of amides is 2. The molecular formula is C23H34N2O5S. The number of carbonyl (C=O) groups is 2. The largest absolute Gasteiger partial charge is 0.443 e. The second-order valence-corrected chi connectivity index (χ2v) is 10.2. The van der Waals surface area contributed by atoms with E-state index >= 15 is 0 Å². The van der Waals surface area contributed by atoms with Crippen molar-refractivity contribution in [1.82, 2.24) is 9.62 Å². The van der Waals surface area contributed by atoms with Crippen molar-refractivity contribution in [1.29, 1.82) is 0 Å². The minimum atomic E-state index is -1.58. The molecule has 1 aromatic carbocycles. The van der Waals surface area contributed by atoms with E-state index in [-0.39, 0.29) is 0 Å². The first-order valence-corrected chi connectivity index (χ1v) is 11.6. The Morgan fingerprint density at radius 3 is 2.35 bits per heavy atom. The van der Waals surface area contributed by atoms with Crippen molar-refractivity contribution in [3.8, 4) is 0 Å². The van der Waals surface area contributed by atoms with Crippen LogP contribution in [0.25, 0.3) is 0 Å². The molecule has 7 nitrogen and oxygen atoms in total. The van der Waals surface area contributed by atoms with Gasteiger partial charge in [-0.3, -0.25) is 4.79 Å². The lowest BCUT2D eigenvalue weighted by atomic mass is 9.86. The van der Waals surface area contributed by atoms with Crippen molar-refractivity contribution >= 4 is 23.0 Å². The summed E-state index contributed by atoms with van der Waals surface area (Å²) in [6.45, 7) is 11.1. The first-order chi connectivity index (χ1) is 14.4. The number of hydrogen-bond donors (Lipinski definition) is 1. The van der Waals surface area contributed by atoms with Gasteiger partial charge in [0.1, 0.15) is 16.6 Å². The highest BCUT2D eigenvalue weighted by Crippen LogP contribution is 2.30. The molecule has 0 saturated carbocycles. The highest BCUT2D eigenvalue weighted by atomic mass is 32.2. The molecule has 1 aliphatic rings. The Bertz CT molecular complexity index is 847. The number of methoxy groups -OCH3 is 1. The quantitative estimate of drug-likeness (QED) is 0.650. The molecule has 8 heteroatoms. The number of carbonyl (C=O) groups excluding carboxylic acids is 2. The molecule has 1 heterocycles. The van der Waals surface area contributed by atoms with E-state index in [1.807, 2.05) is 32.9 Å². The average Bonchev–Trinajstić information content (AvgIpc) is 3.06. The molecule has 2 amide bonds. The zero-order chi connectivity index (χ0) is 23.4. The topological polar surface area (TPSA) is 84.9 Å². The minimum Gasteiger partial charge on any atom is -0.443 e. The van der Waals surface area contributed by atoms with Crippen molar-refractivity contribution in [2.24, 2.45) is 0 Å². The zero-order valence-corrected chi connectivity index (χ0v) is 20.2. The number of nitrogens with one attached hydrogen (secondary N) is 1. The summed E-state index contributed by atoms with van der Waals surface area (Å²) in [5.74, 6) is -0.470. The van der Waals surface area contributed by atoms with E-state index < -0.39 is 46.3 Å². The fourth-order valence-electron chi connectivity index (χ4n) is 3.56. The van der Waals surface area contributed by atoms with E-state index in [1.165, 1.54) is 6.08 Å². The third-order valence-corrected chi connectivity index (χ3v) is 6.41. The second-order valence-electron chi connectivity index (χ2n) is 8.98. The number of rotatable bonds is 8. The van der Waals surface area contributed by atoms with Gasteiger partial charge in [0, 0.05) is 13.2 Å². The minimum absolute atomic E-state index is 0.470. The van der Waals surface area contributed by atoms with Gasteiger partial charge in [-0.05, 0) is 53.2 Å². The second kappa shape index (κ2) is 10.1. The van der Waals surface area contributed by atoms with E-state index in [2.05, 4.69) is 4.72 Å². The summed E-state index contributed by atoms with van der Waals surface area (Å²) < 4.78 is 27.6. The molecule has 0 aromatic heterocycles. The molecule has 2 rings (SSSR count). The zero-order valence-electron chi connectivity index (χ0n) is 19.4. The lowest BCUT2D eigenvalue weighted by Crippen LogP contribution is -2.61. The Kier molecular flexibility index (Phi) is 8.19. The molecule has 0 spiro atoms. The predicted molar refractivity (Wildman–Crippen MR) is 121 cm³/mol. The smallest absolute Gasteiger partial charge is 0.417 e. The average molecular weight is 451 g/mol. The summed E-state index contributed by atoms with van der Waals surface area (Å²) in [5, 5.41) is 0. The third-order valence-electron chi connectivity index (χ3n) is 5.24. The van der Waals surface area contributed by atoms with Crippen LogP contribution >= 0.6 is 0 Å². The Hall–Kier alpha value is -2.03. The van der Waals surface area contributed by atoms with E-state index in [0.717, 1.165) is 16.9 Å². The molecule has 0 fully saturated rings. The van der Waals surface area contributed by atoms with Crippen LogP contribution in [-0.2, 0) is 25.3 Å². The fourth-order valence-corrected chi connectivity index (χ4v) is 4.70. The molecular weight excluding hydrogens is 416 g/mol. The Morgan fingerprint density at radius 1 is 1.23 bits per heavy atom. The van der Waals surface area contributed by atoms with Crippen molar-refractivity contribution in [2.75, 3.05) is 7.11 Å². The van der Waals surface area contributed by atoms with Crippen molar-refractivity contribution in [3.63, 3.8) is 0 Å². The van der Waals surface area contributed by atoms with Gasteiger partial charge in [0.2, 0.25) is 0 Å². The Labute approximate surface area is 187 Å². The number of aryl methyl sites for hydroxylation is 1. The number of ether oxygens (including phenoxy) is 2. The van der Waals surface area contributed by atoms with Crippen molar-refractivity contribution in [3.05, 3.63) is 42.0 Å². The third kappa shape index (κ3) is 6.24. The number of benzene rings is 1. The van der Waals surface area contributed by atoms with Crippen LogP contribution in [0.4, 0.5) is 4.79 Å². The lowest BCUT2D eigenvalue weighted by molar-refractivity contribution is -0.127. The van der Waals surface area contributed by atoms with E-state index in [4.69, 9.17) is 9.47 Å². The van der Waals surface area contributed by atoms with Gasteiger partial charge < -0.3 is 9.47 Å². The van der Waals surface area contributed by atoms with Gasteiger partial charge in [0.25, 0.3) is 5.91 Å². The van der Waals surface area contributed by atoms with Crippen LogP contribution in [0, 0.1) is 6.92 Å². The van der Waals surface area contributed by atoms with Crippen LogP contribution in [0.5, 0.6) is 0 Å². The molecule has 172 valence electrons. The maximum absolute atomic E-state index is 13.2. The van der Waals surface area contributed by atoms with Crippen LogP contribution < -0.4 is 4.72 Å². The predicted octanol–water partition coefficient (Wildman–Crippen LogP) is 3.88. The van der Waals surface area contributed by atoms with Crippen LogP contribution in [0.15, 0.2) is 41.3 Å². The number of imide groups is 1. The first-order valence-electron chi connectivity index (χ1n) is 10.5. The van der Waals surface area contributed by atoms with Gasteiger partial charge in [0.15, 0.2) is 0 Å². The van der Waals surface area contributed by atoms with Crippen LogP contribution in [0.2, 0.25) is 0 Å². The summed E-state index contributed by atoms with van der Waals surface area (Å²) in [6.07, 6.45) is 3.68. The van der Waals surface area contributed by atoms with Gasteiger partial charge in [-0.1, -0.05) is 37.1 Å². The van der Waals surface area contributed by atoms with Crippen molar-refractivity contribution < 1.29 is 23.3 Å². The van der Waals surface area contributed by atoms with Crippen LogP contribution in [0.1, 0.15) is 53.0 Å². The summed E-state index contributed by atoms with van der Waals surface area (Å²) >= 11 is 0. The maximum atomic E-state index is 13.2. The monoisotopic (exact) mass is 450 g/mol. The molecule has 4 atom stereocenters. The maximum Gasteiger partial charge on any atom is 0.417 e. The summed E-state index contributed by atoms with van der Waals surface area (Å²) in [4.78, 5) is 27.1. The van der Waals surface area contributed by atoms with Gasteiger partial charge in [-0.25, -0.2) is 18.6 Å². The molecule has 31 heavy (non-hydrogen) atoms. The molecule has 4 unspecified atom stereocenters. The van der Waals surface area contributed by atoms with Crippen molar-refractivity contribution in [2.45, 2.75) is 82.6 Å². The lowest BCUT2D eigenvalue weighted by Gasteiger charge is -2.42. The normalized spacial score (nSPS) is 20.4. The number of hydrogen-bond acceptors (Lipinski definition) is 5. The molecule has 0 aliphatic carbocycles. The molecule has 0 saturated heterocycles. The SMILES string of the molecule is CCCC(C)(OC)C(NS(=O)c1ccc(C)cc1)C1C=CC(=O)N1C(=O)OC(C)(C)C. The standard InChI is InChI=1S/C23H34N2O5S/c1-8-15-23(6,29-7)20(24-31(28)17-11-9-16(2)10-12-17)18-13-14-19(26)25(18)21(27)30-22(3,4)5/h9-14,18,20,24H,8,15H2,1-7H3. The Morgan fingerprint density at radius 2 is 1.84 bits per heavy atom. The highest BCUT2D eigenvalue weighted by molar-refractivity contribution is 7.83. The van der Waals surface area contributed by atoms with Gasteiger partial charge in [0.05, 0.1) is 22.6 Å². The van der Waals surface area contributed by atoms with E-state index in [9.17, 15) is 13.8 Å². The molecule has 0 bridgehead atoms. The van der Waals surface area contributed by atoms with Gasteiger partial charge >= 0.3 is 6.09 Å². The van der Waals surface area contributed by atoms with Crippen LogP contribution in [0.3, 0.4) is 0 Å². The molecule has 1 N–H and O–H groups in total. The summed E-state index contributed by atoms with van der Waals surface area (Å²) in [6, 6.07) is 6.01. The van der Waals surface area contributed by atoms with Crippen LogP contribution in [-0.4, -0.2) is 51.5 Å². The summed E-state index contributed by atoms with van der Waals surface area (Å²) in [7, 11) is -0.00105. The first kappa shape index (κ1) is 25.2. The van der Waals surface area contributed by atoms with Gasteiger partial charge in [-0.15, -0.1) is 0 Å². The molecule has 1 aromatic rings. The van der Waals surface area contributed by atoms with Gasteiger partial charge in [-0.2, -0.15) is 0 Å². The van der Waals surface area contributed by atoms with E-state index in [0.29, 0.717) is 11.3 Å². The summed E-state index contributed by atoms with van der Waals surface area (Å²) in [5.41, 5.74) is -0.494. The fraction of sp³-hybridized carbons (Fsp3) is 0.565. The molecule has 0 radical (unpaired) electrons. The van der Waals surface area contributed by atoms with E-state index in [1.54, 1.807) is 46.1 Å². The number of nitrogens with zero attached hydrogens (tertiary/aromatic N) is 1. The molecule has 1 aliphatic heterocycles. The Balaban J connectivity index is 2.42.